The molecule has 0 heterocycles. The van der Waals surface area contributed by atoms with Gasteiger partial charge < -0.3 is 9.64 Å². The van der Waals surface area contributed by atoms with Gasteiger partial charge in [-0.3, -0.25) is 10.1 Å². The van der Waals surface area contributed by atoms with E-state index in [1.165, 1.54) is 0 Å². The molecule has 1 amide bonds. The van der Waals surface area contributed by atoms with Gasteiger partial charge in [-0.2, -0.15) is 0 Å². The molecule has 0 unspecified atom stereocenters. The van der Waals surface area contributed by atoms with Crippen LogP contribution >= 0.6 is 47.0 Å². The van der Waals surface area contributed by atoms with Crippen molar-refractivity contribution in [1.29, 1.82) is 0 Å². The van der Waals surface area contributed by atoms with Crippen LogP contribution in [-0.2, 0) is 11.3 Å². The van der Waals surface area contributed by atoms with E-state index >= 15 is 0 Å². The second-order valence-corrected chi connectivity index (χ2v) is 8.53. The Bertz CT molecular complexity index is 1190. The number of thiocarbonyl (C=S) groups is 1. The van der Waals surface area contributed by atoms with Gasteiger partial charge in [0.05, 0.1) is 18.7 Å². The Kier molecular flexibility index (Phi) is 8.69. The quantitative estimate of drug-likeness (QED) is 0.295. The molecule has 0 bridgehead atoms. The first-order valence-corrected chi connectivity index (χ1v) is 11.4. The predicted octanol–water partition coefficient (Wildman–Crippen LogP) is 6.55. The lowest BCUT2D eigenvalue weighted by Gasteiger charge is -2.26. The van der Waals surface area contributed by atoms with E-state index in [-0.39, 0.29) is 18.3 Å². The van der Waals surface area contributed by atoms with E-state index < -0.39 is 11.9 Å². The fourth-order valence-corrected chi connectivity index (χ4v) is 3.88. The summed E-state index contributed by atoms with van der Waals surface area (Å²) in [4.78, 5) is 26.4. The second kappa shape index (κ2) is 11.5. The van der Waals surface area contributed by atoms with Crippen LogP contribution in [0.1, 0.15) is 33.2 Å². The summed E-state index contributed by atoms with van der Waals surface area (Å²) >= 11 is 23.9. The highest BCUT2D eigenvalue weighted by molar-refractivity contribution is 7.80. The van der Waals surface area contributed by atoms with Gasteiger partial charge in [-0.1, -0.05) is 46.9 Å². The number of halogens is 3. The zero-order valence-electron chi connectivity index (χ0n) is 17.5. The molecule has 0 aliphatic carbocycles. The number of nitrogens with zero attached hydrogens (tertiary/aromatic N) is 1. The van der Waals surface area contributed by atoms with Gasteiger partial charge in [0.15, 0.2) is 5.11 Å². The molecule has 3 rings (SSSR count). The summed E-state index contributed by atoms with van der Waals surface area (Å²) in [5.74, 6) is -0.828. The molecular formula is C24H19Cl3N2O3S. The van der Waals surface area contributed by atoms with Crippen LogP contribution in [-0.4, -0.2) is 23.6 Å². The van der Waals surface area contributed by atoms with Gasteiger partial charge in [-0.15, -0.1) is 0 Å². The van der Waals surface area contributed by atoms with E-state index in [0.717, 1.165) is 5.56 Å². The fraction of sp³-hybridized carbons (Fsp3) is 0.125. The molecule has 0 saturated heterocycles. The maximum absolute atomic E-state index is 12.7. The van der Waals surface area contributed by atoms with Crippen molar-refractivity contribution in [2.75, 3.05) is 11.5 Å². The third-order valence-electron chi connectivity index (χ3n) is 4.59. The number of carbonyl (C=O) groups excluding carboxylic acids is 2. The van der Waals surface area contributed by atoms with Crippen LogP contribution < -0.4 is 10.2 Å². The molecule has 1 N–H and O–H groups in total. The number of hydrogen-bond acceptors (Lipinski definition) is 4. The molecule has 0 atom stereocenters. The number of nitrogens with one attached hydrogen (secondary N) is 1. The van der Waals surface area contributed by atoms with Crippen molar-refractivity contribution in [1.82, 2.24) is 5.32 Å². The molecule has 170 valence electrons. The van der Waals surface area contributed by atoms with Crippen LogP contribution in [0.2, 0.25) is 15.1 Å². The smallest absolute Gasteiger partial charge is 0.338 e. The van der Waals surface area contributed by atoms with Gasteiger partial charge in [0.25, 0.3) is 5.91 Å². The second-order valence-electron chi connectivity index (χ2n) is 6.86. The number of esters is 1. The van der Waals surface area contributed by atoms with Crippen LogP contribution in [0, 0.1) is 0 Å². The standard InChI is InChI=1S/C24H19Cl3N2O3S/c1-2-32-23(31)15-7-10-20(11-8-15)29(14-17-6-9-19(26)13-21(17)27)24(33)28-22(30)16-4-3-5-18(25)12-16/h3-13H,2,14H2,1H3,(H,28,30,33). The summed E-state index contributed by atoms with van der Waals surface area (Å²) in [5.41, 5.74) is 2.16. The van der Waals surface area contributed by atoms with Crippen molar-refractivity contribution in [3.8, 4) is 0 Å². The number of hydrogen-bond donors (Lipinski definition) is 1. The lowest BCUT2D eigenvalue weighted by Crippen LogP contribution is -2.42. The molecule has 9 heteroatoms. The van der Waals surface area contributed by atoms with E-state index in [1.54, 1.807) is 78.6 Å². The first kappa shape index (κ1) is 25.0. The molecule has 3 aromatic rings. The van der Waals surface area contributed by atoms with Crippen molar-refractivity contribution in [3.05, 3.63) is 98.5 Å². The Hall–Kier alpha value is -2.64. The van der Waals surface area contributed by atoms with Crippen molar-refractivity contribution in [2.24, 2.45) is 0 Å². The van der Waals surface area contributed by atoms with Gasteiger partial charge in [0.2, 0.25) is 0 Å². The zero-order valence-corrected chi connectivity index (χ0v) is 20.6. The average molecular weight is 522 g/mol. The van der Waals surface area contributed by atoms with Crippen LogP contribution in [0.3, 0.4) is 0 Å². The number of ether oxygens (including phenoxy) is 1. The van der Waals surface area contributed by atoms with E-state index in [4.69, 9.17) is 51.8 Å². The Morgan fingerprint density at radius 1 is 0.939 bits per heavy atom. The van der Waals surface area contributed by atoms with Crippen molar-refractivity contribution < 1.29 is 14.3 Å². The normalized spacial score (nSPS) is 10.4. The maximum Gasteiger partial charge on any atom is 0.338 e. The topological polar surface area (TPSA) is 58.6 Å². The summed E-state index contributed by atoms with van der Waals surface area (Å²) in [6.45, 7) is 2.27. The number of benzene rings is 3. The summed E-state index contributed by atoms with van der Waals surface area (Å²) in [7, 11) is 0. The molecule has 0 aliphatic heterocycles. The average Bonchev–Trinajstić information content (AvgIpc) is 2.79. The van der Waals surface area contributed by atoms with E-state index in [1.807, 2.05) is 0 Å². The molecule has 0 saturated carbocycles. The summed E-state index contributed by atoms with van der Waals surface area (Å²) in [6, 6.07) is 18.4. The Labute approximate surface area is 212 Å². The molecule has 0 spiro atoms. The summed E-state index contributed by atoms with van der Waals surface area (Å²) in [5, 5.41) is 4.28. The molecule has 0 radical (unpaired) electrons. The Balaban J connectivity index is 1.89. The third-order valence-corrected chi connectivity index (χ3v) is 5.73. The minimum Gasteiger partial charge on any atom is -0.462 e. The number of amides is 1. The fourth-order valence-electron chi connectivity index (χ4n) is 2.96. The number of anilines is 1. The number of carbonyl (C=O) groups is 2. The molecule has 5 nitrogen and oxygen atoms in total. The Morgan fingerprint density at radius 2 is 1.64 bits per heavy atom. The molecule has 0 aromatic heterocycles. The van der Waals surface area contributed by atoms with E-state index in [2.05, 4.69) is 5.32 Å². The minimum atomic E-state index is -0.423. The predicted molar refractivity (Wildman–Crippen MR) is 137 cm³/mol. The highest BCUT2D eigenvalue weighted by Gasteiger charge is 2.19. The van der Waals surface area contributed by atoms with Crippen LogP contribution in [0.25, 0.3) is 0 Å². The van der Waals surface area contributed by atoms with Crippen LogP contribution in [0.4, 0.5) is 5.69 Å². The first-order valence-electron chi connectivity index (χ1n) is 9.88. The van der Waals surface area contributed by atoms with Crippen molar-refractivity contribution >= 4 is 69.7 Å². The largest absolute Gasteiger partial charge is 0.462 e. The number of rotatable bonds is 6. The van der Waals surface area contributed by atoms with Gasteiger partial charge in [-0.05, 0) is 79.3 Å². The van der Waals surface area contributed by atoms with Crippen LogP contribution in [0.15, 0.2) is 66.7 Å². The zero-order chi connectivity index (χ0) is 24.0. The SMILES string of the molecule is CCOC(=O)c1ccc(N(Cc2ccc(Cl)cc2Cl)C(=S)NC(=O)c2cccc(Cl)c2)cc1. The van der Waals surface area contributed by atoms with Gasteiger partial charge >= 0.3 is 5.97 Å². The highest BCUT2D eigenvalue weighted by Crippen LogP contribution is 2.25. The summed E-state index contributed by atoms with van der Waals surface area (Å²) < 4.78 is 5.03. The first-order chi connectivity index (χ1) is 15.8. The maximum atomic E-state index is 12.7. The summed E-state index contributed by atoms with van der Waals surface area (Å²) in [6.07, 6.45) is 0. The van der Waals surface area contributed by atoms with Gasteiger partial charge in [0.1, 0.15) is 0 Å². The lowest BCUT2D eigenvalue weighted by molar-refractivity contribution is 0.0526. The van der Waals surface area contributed by atoms with Gasteiger partial charge in [0, 0.05) is 26.3 Å². The van der Waals surface area contributed by atoms with Crippen molar-refractivity contribution in [3.63, 3.8) is 0 Å². The lowest BCUT2D eigenvalue weighted by atomic mass is 10.1. The van der Waals surface area contributed by atoms with Crippen molar-refractivity contribution in [2.45, 2.75) is 13.5 Å². The molecule has 0 aliphatic rings. The van der Waals surface area contributed by atoms with Crippen LogP contribution in [0.5, 0.6) is 0 Å². The third kappa shape index (κ3) is 6.68. The molecular weight excluding hydrogens is 503 g/mol. The minimum absolute atomic E-state index is 0.148. The monoisotopic (exact) mass is 520 g/mol. The molecule has 3 aromatic carbocycles. The molecule has 0 fully saturated rings. The highest BCUT2D eigenvalue weighted by atomic mass is 35.5. The van der Waals surface area contributed by atoms with Gasteiger partial charge in [-0.25, -0.2) is 4.79 Å². The molecule has 33 heavy (non-hydrogen) atoms. The van der Waals surface area contributed by atoms with E-state index in [9.17, 15) is 9.59 Å². The Morgan fingerprint density at radius 3 is 2.27 bits per heavy atom. The van der Waals surface area contributed by atoms with E-state index in [0.29, 0.717) is 31.9 Å².